The topological polar surface area (TPSA) is 105 Å². The summed E-state index contributed by atoms with van der Waals surface area (Å²) in [5, 5.41) is 13.9. The maximum Gasteiger partial charge on any atom is 0.322 e. The van der Waals surface area contributed by atoms with Gasteiger partial charge in [0.2, 0.25) is 5.95 Å². The molecule has 0 radical (unpaired) electrons. The number of halogens is 1. The number of hydrogen-bond donors (Lipinski definition) is 2. The van der Waals surface area contributed by atoms with Crippen LogP contribution in [0.3, 0.4) is 0 Å². The first-order valence-corrected chi connectivity index (χ1v) is 8.35. The number of nitrogens with zero attached hydrogens (tertiary/aromatic N) is 5. The zero-order chi connectivity index (χ0) is 17.6. The first-order valence-electron chi connectivity index (χ1n) is 7.56. The van der Waals surface area contributed by atoms with Crippen molar-refractivity contribution in [3.63, 3.8) is 0 Å². The molecule has 1 aromatic heterocycles. The van der Waals surface area contributed by atoms with Gasteiger partial charge >= 0.3 is 6.01 Å². The van der Waals surface area contributed by atoms with Gasteiger partial charge in [-0.05, 0) is 18.2 Å². The minimum atomic E-state index is 0.121. The fourth-order valence-corrected chi connectivity index (χ4v) is 2.56. The SMILES string of the molecule is COc1nc(N/N=C\c2cc(Br)ccc2O)nc(N2CCOCC2)n1. The predicted octanol–water partition coefficient (Wildman–Crippen LogP) is 1.63. The number of anilines is 2. The van der Waals surface area contributed by atoms with Crippen LogP contribution in [0.15, 0.2) is 27.8 Å². The number of methoxy groups -OCH3 is 1. The van der Waals surface area contributed by atoms with Crippen LogP contribution < -0.4 is 15.1 Å². The summed E-state index contributed by atoms with van der Waals surface area (Å²) >= 11 is 3.35. The number of aromatic nitrogens is 3. The molecule has 0 amide bonds. The van der Waals surface area contributed by atoms with Gasteiger partial charge in [-0.15, -0.1) is 0 Å². The number of phenols is 1. The molecular weight excluding hydrogens is 392 g/mol. The summed E-state index contributed by atoms with van der Waals surface area (Å²) in [6.07, 6.45) is 1.48. The molecule has 0 spiro atoms. The summed E-state index contributed by atoms with van der Waals surface area (Å²) in [7, 11) is 1.49. The van der Waals surface area contributed by atoms with Gasteiger partial charge < -0.3 is 19.5 Å². The molecule has 0 unspecified atom stereocenters. The van der Waals surface area contributed by atoms with Crippen LogP contribution in [0.25, 0.3) is 0 Å². The quantitative estimate of drug-likeness (QED) is 0.567. The van der Waals surface area contributed by atoms with Crippen LogP contribution >= 0.6 is 15.9 Å². The van der Waals surface area contributed by atoms with Crippen LogP contribution in [-0.2, 0) is 4.74 Å². The zero-order valence-electron chi connectivity index (χ0n) is 13.5. The van der Waals surface area contributed by atoms with Crippen molar-refractivity contribution in [3.8, 4) is 11.8 Å². The first-order chi connectivity index (χ1) is 12.2. The summed E-state index contributed by atoms with van der Waals surface area (Å²) in [5.74, 6) is 0.869. The van der Waals surface area contributed by atoms with E-state index in [2.05, 4.69) is 41.4 Å². The van der Waals surface area contributed by atoms with E-state index in [1.807, 2.05) is 4.90 Å². The number of aromatic hydroxyl groups is 1. The lowest BCUT2D eigenvalue weighted by Crippen LogP contribution is -2.37. The Hall–Kier alpha value is -2.46. The highest BCUT2D eigenvalue weighted by Crippen LogP contribution is 2.20. The monoisotopic (exact) mass is 408 g/mol. The van der Waals surface area contributed by atoms with E-state index < -0.39 is 0 Å². The van der Waals surface area contributed by atoms with Crippen molar-refractivity contribution in [2.45, 2.75) is 0 Å². The van der Waals surface area contributed by atoms with Gasteiger partial charge in [-0.3, -0.25) is 0 Å². The van der Waals surface area contributed by atoms with Crippen molar-refractivity contribution in [1.82, 2.24) is 15.0 Å². The lowest BCUT2D eigenvalue weighted by Gasteiger charge is -2.26. The van der Waals surface area contributed by atoms with E-state index in [0.717, 1.165) is 4.47 Å². The standard InChI is InChI=1S/C15H17BrN6O3/c1-24-15-19-13(18-14(20-15)22-4-6-25-7-5-22)21-17-9-10-8-11(16)2-3-12(10)23/h2-3,8-9,23H,4-7H2,1H3,(H,18,19,20,21)/b17-9-. The van der Waals surface area contributed by atoms with E-state index >= 15 is 0 Å². The Morgan fingerprint density at radius 1 is 1.32 bits per heavy atom. The Bertz CT molecular complexity index is 767. The molecule has 3 rings (SSSR count). The molecule has 132 valence electrons. The van der Waals surface area contributed by atoms with Crippen molar-refractivity contribution < 1.29 is 14.6 Å². The van der Waals surface area contributed by atoms with Gasteiger partial charge in [-0.2, -0.15) is 20.1 Å². The number of morpholine rings is 1. The largest absolute Gasteiger partial charge is 0.507 e. The van der Waals surface area contributed by atoms with Crippen molar-refractivity contribution in [2.24, 2.45) is 5.10 Å². The molecule has 2 aromatic rings. The summed E-state index contributed by atoms with van der Waals surface area (Å²) in [5.41, 5.74) is 3.29. The maximum absolute atomic E-state index is 9.81. The van der Waals surface area contributed by atoms with Crippen LogP contribution in [-0.4, -0.2) is 59.7 Å². The molecule has 1 aliphatic heterocycles. The van der Waals surface area contributed by atoms with Crippen LogP contribution in [0.1, 0.15) is 5.56 Å². The lowest BCUT2D eigenvalue weighted by molar-refractivity contribution is 0.122. The van der Waals surface area contributed by atoms with Crippen LogP contribution in [0, 0.1) is 0 Å². The average Bonchev–Trinajstić information content (AvgIpc) is 2.65. The van der Waals surface area contributed by atoms with Crippen LogP contribution in [0.2, 0.25) is 0 Å². The third-order valence-corrected chi connectivity index (χ3v) is 3.93. The molecule has 1 aromatic carbocycles. The van der Waals surface area contributed by atoms with Crippen molar-refractivity contribution in [3.05, 3.63) is 28.2 Å². The highest BCUT2D eigenvalue weighted by atomic mass is 79.9. The molecule has 0 bridgehead atoms. The number of hydrazone groups is 1. The Labute approximate surface area is 152 Å². The van der Waals surface area contributed by atoms with E-state index in [1.165, 1.54) is 13.3 Å². The van der Waals surface area contributed by atoms with Gasteiger partial charge in [0.15, 0.2) is 0 Å². The van der Waals surface area contributed by atoms with Gasteiger partial charge in [0.1, 0.15) is 5.75 Å². The van der Waals surface area contributed by atoms with Crippen LogP contribution in [0.4, 0.5) is 11.9 Å². The second kappa shape index (κ2) is 8.08. The number of ether oxygens (including phenoxy) is 2. The average molecular weight is 409 g/mol. The third kappa shape index (κ3) is 4.54. The Morgan fingerprint density at radius 3 is 2.88 bits per heavy atom. The van der Waals surface area contributed by atoms with E-state index in [9.17, 15) is 5.11 Å². The molecule has 25 heavy (non-hydrogen) atoms. The number of benzene rings is 1. The molecule has 2 heterocycles. The molecule has 0 aliphatic carbocycles. The Kier molecular flexibility index (Phi) is 5.61. The van der Waals surface area contributed by atoms with E-state index in [-0.39, 0.29) is 17.7 Å². The molecule has 9 nitrogen and oxygen atoms in total. The van der Waals surface area contributed by atoms with Gasteiger partial charge in [0.25, 0.3) is 5.95 Å². The number of nitrogens with one attached hydrogen (secondary N) is 1. The minimum absolute atomic E-state index is 0.121. The summed E-state index contributed by atoms with van der Waals surface area (Å²) in [4.78, 5) is 14.7. The maximum atomic E-state index is 9.81. The molecule has 10 heteroatoms. The minimum Gasteiger partial charge on any atom is -0.507 e. The van der Waals surface area contributed by atoms with Crippen molar-refractivity contribution >= 4 is 34.0 Å². The highest BCUT2D eigenvalue weighted by Gasteiger charge is 2.16. The zero-order valence-corrected chi connectivity index (χ0v) is 15.1. The normalized spacial score (nSPS) is 14.7. The molecule has 0 atom stereocenters. The number of phenolic OH excluding ortho intramolecular Hbond substituents is 1. The number of hydrogen-bond acceptors (Lipinski definition) is 9. The summed E-state index contributed by atoms with van der Waals surface area (Å²) in [6.45, 7) is 2.64. The van der Waals surface area contributed by atoms with Crippen molar-refractivity contribution in [2.75, 3.05) is 43.7 Å². The van der Waals surface area contributed by atoms with E-state index in [0.29, 0.717) is 37.8 Å². The molecule has 2 N–H and O–H groups in total. The Balaban J connectivity index is 1.77. The van der Waals surface area contributed by atoms with Crippen LogP contribution in [0.5, 0.6) is 11.8 Å². The molecule has 1 aliphatic rings. The van der Waals surface area contributed by atoms with Gasteiger partial charge in [0.05, 0.1) is 26.5 Å². The van der Waals surface area contributed by atoms with Gasteiger partial charge in [-0.25, -0.2) is 5.43 Å². The highest BCUT2D eigenvalue weighted by molar-refractivity contribution is 9.10. The number of rotatable bonds is 5. The van der Waals surface area contributed by atoms with Gasteiger partial charge in [-0.1, -0.05) is 15.9 Å². The van der Waals surface area contributed by atoms with E-state index in [4.69, 9.17) is 9.47 Å². The molecular formula is C15H17BrN6O3. The summed E-state index contributed by atoms with van der Waals surface area (Å²) < 4.78 is 11.3. The second-order valence-corrected chi connectivity index (χ2v) is 6.03. The first kappa shape index (κ1) is 17.4. The molecule has 1 fully saturated rings. The van der Waals surface area contributed by atoms with Crippen molar-refractivity contribution in [1.29, 1.82) is 0 Å². The summed E-state index contributed by atoms with van der Waals surface area (Å²) in [6, 6.07) is 5.26. The fraction of sp³-hybridized carbons (Fsp3) is 0.333. The Morgan fingerprint density at radius 2 is 2.12 bits per heavy atom. The second-order valence-electron chi connectivity index (χ2n) is 5.12. The predicted molar refractivity (Wildman–Crippen MR) is 96.4 cm³/mol. The lowest BCUT2D eigenvalue weighted by atomic mass is 10.2. The van der Waals surface area contributed by atoms with E-state index in [1.54, 1.807) is 18.2 Å². The fourth-order valence-electron chi connectivity index (χ4n) is 2.18. The third-order valence-electron chi connectivity index (χ3n) is 3.44. The molecule has 0 saturated carbocycles. The smallest absolute Gasteiger partial charge is 0.322 e. The van der Waals surface area contributed by atoms with Gasteiger partial charge in [0, 0.05) is 23.1 Å². The molecule has 1 saturated heterocycles.